The third-order valence-corrected chi connectivity index (χ3v) is 3.40. The lowest BCUT2D eigenvalue weighted by molar-refractivity contribution is -0.119. The molecule has 0 saturated carbocycles. The number of benzene rings is 2. The van der Waals surface area contributed by atoms with Crippen LogP contribution in [0.1, 0.15) is 0 Å². The first-order chi connectivity index (χ1) is 13.0. The topological polar surface area (TPSA) is 83.7 Å². The predicted octanol–water partition coefficient (Wildman–Crippen LogP) is 2.73. The van der Waals surface area contributed by atoms with Crippen LogP contribution in [-0.2, 0) is 4.79 Å². The number of carbonyl (C=O) groups excluding carboxylic acids is 1. The summed E-state index contributed by atoms with van der Waals surface area (Å²) in [5, 5.41) is 5.87. The molecule has 0 saturated heterocycles. The second-order valence-electron chi connectivity index (χ2n) is 5.11. The number of methoxy groups -OCH3 is 1. The van der Waals surface area contributed by atoms with E-state index in [1.165, 1.54) is 24.3 Å². The zero-order chi connectivity index (χ0) is 19.6. The Morgan fingerprint density at radius 1 is 1.00 bits per heavy atom. The lowest BCUT2D eigenvalue weighted by Crippen LogP contribution is -2.45. The van der Waals surface area contributed by atoms with Gasteiger partial charge in [0.25, 0.3) is 5.91 Å². The van der Waals surface area contributed by atoms with Crippen molar-refractivity contribution in [1.29, 1.82) is 0 Å². The van der Waals surface area contributed by atoms with E-state index >= 15 is 0 Å². The monoisotopic (exact) mass is 396 g/mol. The molecular formula is C17H18F2N4O3S. The Kier molecular flexibility index (Phi) is 7.56. The van der Waals surface area contributed by atoms with E-state index < -0.39 is 6.61 Å². The van der Waals surface area contributed by atoms with Gasteiger partial charge in [0.2, 0.25) is 0 Å². The van der Waals surface area contributed by atoms with Gasteiger partial charge in [-0.3, -0.25) is 15.6 Å². The SMILES string of the molecule is COc1ccc(NCC(=O)NNC(=S)Nc2ccc(OC(F)F)cc2)cc1. The number of hydrogen-bond acceptors (Lipinski definition) is 5. The summed E-state index contributed by atoms with van der Waals surface area (Å²) in [4.78, 5) is 11.8. The molecular weight excluding hydrogens is 378 g/mol. The van der Waals surface area contributed by atoms with Crippen molar-refractivity contribution >= 4 is 34.6 Å². The summed E-state index contributed by atoms with van der Waals surface area (Å²) in [5.74, 6) is 0.417. The molecule has 2 aromatic carbocycles. The summed E-state index contributed by atoms with van der Waals surface area (Å²) in [6.45, 7) is -2.85. The van der Waals surface area contributed by atoms with Crippen molar-refractivity contribution in [3.63, 3.8) is 0 Å². The number of carbonyl (C=O) groups is 1. The number of amides is 1. The maximum absolute atomic E-state index is 12.1. The molecule has 2 aromatic rings. The summed E-state index contributed by atoms with van der Waals surface area (Å²) >= 11 is 5.04. The molecule has 0 fully saturated rings. The fraction of sp³-hybridized carbons (Fsp3) is 0.176. The maximum atomic E-state index is 12.1. The number of hydrazine groups is 1. The summed E-state index contributed by atoms with van der Waals surface area (Å²) in [5.41, 5.74) is 6.27. The Morgan fingerprint density at radius 3 is 2.19 bits per heavy atom. The van der Waals surface area contributed by atoms with Gasteiger partial charge in [-0.1, -0.05) is 0 Å². The lowest BCUT2D eigenvalue weighted by atomic mass is 10.3. The van der Waals surface area contributed by atoms with E-state index in [4.69, 9.17) is 17.0 Å². The highest BCUT2D eigenvalue weighted by Crippen LogP contribution is 2.17. The number of thiocarbonyl (C=S) groups is 1. The Morgan fingerprint density at radius 2 is 1.59 bits per heavy atom. The third kappa shape index (κ3) is 7.32. The molecule has 0 aliphatic carbocycles. The van der Waals surface area contributed by atoms with E-state index in [-0.39, 0.29) is 23.3 Å². The van der Waals surface area contributed by atoms with Gasteiger partial charge in [-0.25, -0.2) is 0 Å². The molecule has 0 unspecified atom stereocenters. The Hall–Kier alpha value is -3.14. The van der Waals surface area contributed by atoms with Gasteiger partial charge in [0.05, 0.1) is 13.7 Å². The minimum absolute atomic E-state index is 0.0294. The second-order valence-corrected chi connectivity index (χ2v) is 5.52. The first-order valence-corrected chi connectivity index (χ1v) is 8.15. The molecule has 10 heteroatoms. The highest BCUT2D eigenvalue weighted by molar-refractivity contribution is 7.80. The first kappa shape index (κ1) is 20.2. The maximum Gasteiger partial charge on any atom is 0.387 e. The molecule has 4 N–H and O–H groups in total. The van der Waals surface area contributed by atoms with E-state index in [0.717, 1.165) is 11.4 Å². The quantitative estimate of drug-likeness (QED) is 0.423. The second kappa shape index (κ2) is 10.1. The van der Waals surface area contributed by atoms with Gasteiger partial charge in [-0.15, -0.1) is 0 Å². The Bertz CT molecular complexity index is 758. The molecule has 0 heterocycles. The molecule has 2 rings (SSSR count). The van der Waals surface area contributed by atoms with Crippen molar-refractivity contribution in [1.82, 2.24) is 10.9 Å². The zero-order valence-corrected chi connectivity index (χ0v) is 15.1. The van der Waals surface area contributed by atoms with Crippen LogP contribution in [0.2, 0.25) is 0 Å². The average Bonchev–Trinajstić information content (AvgIpc) is 2.66. The normalized spacial score (nSPS) is 10.1. The number of hydrogen-bond donors (Lipinski definition) is 4. The summed E-state index contributed by atoms with van der Waals surface area (Å²) in [7, 11) is 1.57. The van der Waals surface area contributed by atoms with Crippen molar-refractivity contribution in [3.8, 4) is 11.5 Å². The molecule has 0 aromatic heterocycles. The molecule has 27 heavy (non-hydrogen) atoms. The highest BCUT2D eigenvalue weighted by atomic mass is 32.1. The molecule has 0 radical (unpaired) electrons. The van der Waals surface area contributed by atoms with Crippen LogP contribution in [0.5, 0.6) is 11.5 Å². The van der Waals surface area contributed by atoms with Crippen molar-refractivity contribution in [2.45, 2.75) is 6.61 Å². The van der Waals surface area contributed by atoms with Crippen LogP contribution in [0.3, 0.4) is 0 Å². The number of alkyl halides is 2. The Labute approximate surface area is 160 Å². The van der Waals surface area contributed by atoms with Gasteiger partial charge in [0.1, 0.15) is 11.5 Å². The molecule has 1 amide bonds. The van der Waals surface area contributed by atoms with Crippen LogP contribution in [0.4, 0.5) is 20.2 Å². The molecule has 0 spiro atoms. The van der Waals surface area contributed by atoms with Gasteiger partial charge in [0.15, 0.2) is 5.11 Å². The minimum atomic E-state index is -2.88. The largest absolute Gasteiger partial charge is 0.497 e. The number of nitrogens with one attached hydrogen (secondary N) is 4. The number of halogens is 2. The molecule has 144 valence electrons. The van der Waals surface area contributed by atoms with E-state index in [9.17, 15) is 13.6 Å². The van der Waals surface area contributed by atoms with Gasteiger partial charge in [-0.05, 0) is 60.7 Å². The zero-order valence-electron chi connectivity index (χ0n) is 14.3. The van der Waals surface area contributed by atoms with Crippen LogP contribution in [0.15, 0.2) is 48.5 Å². The number of rotatable bonds is 7. The third-order valence-electron chi connectivity index (χ3n) is 3.20. The van der Waals surface area contributed by atoms with Gasteiger partial charge < -0.3 is 20.1 Å². The van der Waals surface area contributed by atoms with E-state index in [0.29, 0.717) is 5.69 Å². The Balaban J connectivity index is 1.70. The summed E-state index contributed by atoms with van der Waals surface area (Å²) < 4.78 is 33.5. The molecule has 0 atom stereocenters. The van der Waals surface area contributed by atoms with Crippen LogP contribution in [0, 0.1) is 0 Å². The summed E-state index contributed by atoms with van der Waals surface area (Å²) in [6.07, 6.45) is 0. The standard InChI is InChI=1S/C17H18F2N4O3S/c1-25-13-6-2-11(3-7-13)20-10-15(24)22-23-17(27)21-12-4-8-14(9-5-12)26-16(18)19/h2-9,16,20H,10H2,1H3,(H,22,24)(H2,21,23,27). The van der Waals surface area contributed by atoms with Crippen molar-refractivity contribution < 1.29 is 23.0 Å². The van der Waals surface area contributed by atoms with Crippen LogP contribution in [0.25, 0.3) is 0 Å². The van der Waals surface area contributed by atoms with Gasteiger partial charge in [0, 0.05) is 11.4 Å². The van der Waals surface area contributed by atoms with E-state index in [1.807, 2.05) is 0 Å². The molecule has 0 aliphatic heterocycles. The number of anilines is 2. The van der Waals surface area contributed by atoms with Crippen molar-refractivity contribution in [2.75, 3.05) is 24.3 Å². The minimum Gasteiger partial charge on any atom is -0.497 e. The van der Waals surface area contributed by atoms with Crippen molar-refractivity contribution in [2.24, 2.45) is 0 Å². The smallest absolute Gasteiger partial charge is 0.387 e. The van der Waals surface area contributed by atoms with E-state index in [1.54, 1.807) is 31.4 Å². The molecule has 0 aliphatic rings. The fourth-order valence-corrected chi connectivity index (χ4v) is 2.11. The lowest BCUT2D eigenvalue weighted by Gasteiger charge is -2.13. The fourth-order valence-electron chi connectivity index (χ4n) is 1.94. The van der Waals surface area contributed by atoms with Gasteiger partial charge in [-0.2, -0.15) is 8.78 Å². The molecule has 0 bridgehead atoms. The number of ether oxygens (including phenoxy) is 2. The van der Waals surface area contributed by atoms with E-state index in [2.05, 4.69) is 26.2 Å². The van der Waals surface area contributed by atoms with Gasteiger partial charge >= 0.3 is 6.61 Å². The first-order valence-electron chi connectivity index (χ1n) is 7.75. The molecule has 7 nitrogen and oxygen atoms in total. The van der Waals surface area contributed by atoms with Crippen LogP contribution in [-0.4, -0.2) is 31.3 Å². The average molecular weight is 396 g/mol. The van der Waals surface area contributed by atoms with Crippen LogP contribution < -0.4 is 31.0 Å². The van der Waals surface area contributed by atoms with Crippen LogP contribution >= 0.6 is 12.2 Å². The highest BCUT2D eigenvalue weighted by Gasteiger charge is 2.05. The van der Waals surface area contributed by atoms with Crippen molar-refractivity contribution in [3.05, 3.63) is 48.5 Å². The predicted molar refractivity (Wildman–Crippen MR) is 102 cm³/mol. The summed E-state index contributed by atoms with van der Waals surface area (Å²) in [6, 6.07) is 12.9.